The number of benzene rings is 1. The van der Waals surface area contributed by atoms with Crippen molar-refractivity contribution in [3.63, 3.8) is 0 Å². The van der Waals surface area contributed by atoms with E-state index >= 15 is 0 Å². The molecular formula is C16H26N4O. The molecule has 21 heavy (non-hydrogen) atoms. The van der Waals surface area contributed by atoms with Crippen LogP contribution >= 0.6 is 0 Å². The van der Waals surface area contributed by atoms with Gasteiger partial charge in [-0.15, -0.1) is 0 Å². The number of nitrogens with zero attached hydrogens (tertiary/aromatic N) is 2. The molecule has 1 aromatic rings. The van der Waals surface area contributed by atoms with Gasteiger partial charge in [0.25, 0.3) is 0 Å². The van der Waals surface area contributed by atoms with Gasteiger partial charge in [0.1, 0.15) is 0 Å². The van der Waals surface area contributed by atoms with E-state index in [2.05, 4.69) is 44.7 Å². The van der Waals surface area contributed by atoms with Crippen LogP contribution in [0.1, 0.15) is 12.0 Å². The Morgan fingerprint density at radius 2 is 2.00 bits per heavy atom. The summed E-state index contributed by atoms with van der Waals surface area (Å²) >= 11 is 0. The Kier molecular flexibility index (Phi) is 6.02. The molecule has 0 saturated carbocycles. The Bertz CT molecular complexity index is 436. The number of hydrogen-bond donors (Lipinski definition) is 2. The molecule has 1 fully saturated rings. The summed E-state index contributed by atoms with van der Waals surface area (Å²) in [5.41, 5.74) is 2.30. The van der Waals surface area contributed by atoms with E-state index in [0.717, 1.165) is 38.2 Å². The van der Waals surface area contributed by atoms with Crippen LogP contribution in [0.4, 0.5) is 5.69 Å². The number of carbonyl (C=O) groups excluding carboxylic acids is 1. The Balaban J connectivity index is 1.75. The first-order chi connectivity index (χ1) is 10.1. The average Bonchev–Trinajstić information content (AvgIpc) is 2.74. The van der Waals surface area contributed by atoms with E-state index in [9.17, 15) is 4.79 Å². The highest BCUT2D eigenvalue weighted by Gasteiger charge is 2.12. The van der Waals surface area contributed by atoms with Gasteiger partial charge in [0, 0.05) is 39.4 Å². The molecule has 0 radical (unpaired) electrons. The lowest BCUT2D eigenvalue weighted by molar-refractivity contribution is -0.122. The van der Waals surface area contributed by atoms with Gasteiger partial charge in [-0.05, 0) is 37.2 Å². The van der Waals surface area contributed by atoms with Crippen LogP contribution in [0.2, 0.25) is 0 Å². The highest BCUT2D eigenvalue weighted by atomic mass is 16.2. The van der Waals surface area contributed by atoms with Crippen molar-refractivity contribution in [1.82, 2.24) is 15.5 Å². The molecule has 1 saturated heterocycles. The predicted molar refractivity (Wildman–Crippen MR) is 86.5 cm³/mol. The van der Waals surface area contributed by atoms with Gasteiger partial charge >= 0.3 is 0 Å². The minimum Gasteiger partial charge on any atom is -0.378 e. The van der Waals surface area contributed by atoms with Crippen LogP contribution in [0.5, 0.6) is 0 Å². The van der Waals surface area contributed by atoms with Crippen molar-refractivity contribution in [2.75, 3.05) is 51.7 Å². The molecule has 5 nitrogen and oxygen atoms in total. The first-order valence-corrected chi connectivity index (χ1v) is 7.61. The maximum atomic E-state index is 12.0. The Labute approximate surface area is 127 Å². The van der Waals surface area contributed by atoms with Crippen LogP contribution in [0.25, 0.3) is 0 Å². The van der Waals surface area contributed by atoms with Gasteiger partial charge in [-0.3, -0.25) is 9.69 Å². The fraction of sp³-hybridized carbons (Fsp3) is 0.562. The number of carbonyl (C=O) groups is 1. The van der Waals surface area contributed by atoms with Gasteiger partial charge in [0.05, 0.1) is 6.54 Å². The maximum Gasteiger partial charge on any atom is 0.234 e. The molecule has 0 atom stereocenters. The van der Waals surface area contributed by atoms with Crippen LogP contribution in [0, 0.1) is 0 Å². The monoisotopic (exact) mass is 290 g/mol. The second-order valence-electron chi connectivity index (χ2n) is 5.72. The zero-order valence-corrected chi connectivity index (χ0v) is 13.1. The number of rotatable bonds is 5. The fourth-order valence-corrected chi connectivity index (χ4v) is 2.43. The van der Waals surface area contributed by atoms with E-state index in [1.54, 1.807) is 0 Å². The van der Waals surface area contributed by atoms with Crippen molar-refractivity contribution in [3.05, 3.63) is 29.8 Å². The van der Waals surface area contributed by atoms with Gasteiger partial charge < -0.3 is 15.5 Å². The summed E-state index contributed by atoms with van der Waals surface area (Å²) < 4.78 is 0. The molecule has 2 N–H and O–H groups in total. The molecule has 1 aliphatic rings. The van der Waals surface area contributed by atoms with Crippen LogP contribution in [0.15, 0.2) is 24.3 Å². The summed E-state index contributed by atoms with van der Waals surface area (Å²) in [5.74, 6) is 0.105. The molecule has 5 heteroatoms. The van der Waals surface area contributed by atoms with Gasteiger partial charge in [-0.1, -0.05) is 12.1 Å². The number of hydrogen-bond acceptors (Lipinski definition) is 4. The third-order valence-electron chi connectivity index (χ3n) is 3.74. The molecule has 2 rings (SSSR count). The molecule has 0 bridgehead atoms. The van der Waals surface area contributed by atoms with Crippen molar-refractivity contribution < 1.29 is 4.79 Å². The largest absolute Gasteiger partial charge is 0.378 e. The molecule has 0 unspecified atom stereocenters. The lowest BCUT2D eigenvalue weighted by Gasteiger charge is -2.18. The van der Waals surface area contributed by atoms with Gasteiger partial charge in [-0.2, -0.15) is 0 Å². The summed E-state index contributed by atoms with van der Waals surface area (Å²) in [6.45, 7) is 5.06. The molecule has 0 aromatic heterocycles. The zero-order valence-electron chi connectivity index (χ0n) is 13.1. The lowest BCUT2D eigenvalue weighted by Crippen LogP contribution is -2.38. The van der Waals surface area contributed by atoms with E-state index < -0.39 is 0 Å². The summed E-state index contributed by atoms with van der Waals surface area (Å²) in [6.07, 6.45) is 1.11. The number of anilines is 1. The summed E-state index contributed by atoms with van der Waals surface area (Å²) in [4.78, 5) is 16.3. The van der Waals surface area contributed by atoms with Gasteiger partial charge in [0.15, 0.2) is 0 Å². The van der Waals surface area contributed by atoms with E-state index in [-0.39, 0.29) is 5.91 Å². The molecule has 0 aliphatic carbocycles. The van der Waals surface area contributed by atoms with Crippen LogP contribution in [0.3, 0.4) is 0 Å². The molecule has 1 aromatic carbocycles. The lowest BCUT2D eigenvalue weighted by atomic mass is 10.2. The second kappa shape index (κ2) is 8.00. The summed E-state index contributed by atoms with van der Waals surface area (Å²) in [6, 6.07) is 8.26. The Morgan fingerprint density at radius 1 is 1.24 bits per heavy atom. The maximum absolute atomic E-state index is 12.0. The van der Waals surface area contributed by atoms with Gasteiger partial charge in [-0.25, -0.2) is 0 Å². The van der Waals surface area contributed by atoms with Gasteiger partial charge in [0.2, 0.25) is 5.91 Å². The van der Waals surface area contributed by atoms with Crippen molar-refractivity contribution >= 4 is 11.6 Å². The van der Waals surface area contributed by atoms with Crippen molar-refractivity contribution in [3.8, 4) is 0 Å². The minimum atomic E-state index is 0.105. The highest BCUT2D eigenvalue weighted by Crippen LogP contribution is 2.11. The number of nitrogens with one attached hydrogen (secondary N) is 2. The van der Waals surface area contributed by atoms with Crippen LogP contribution in [-0.4, -0.2) is 57.6 Å². The molecule has 1 aliphatic heterocycles. The number of amides is 1. The third-order valence-corrected chi connectivity index (χ3v) is 3.74. The molecular weight excluding hydrogens is 264 g/mol. The van der Waals surface area contributed by atoms with Crippen LogP contribution < -0.4 is 15.5 Å². The highest BCUT2D eigenvalue weighted by molar-refractivity contribution is 5.78. The minimum absolute atomic E-state index is 0.105. The van der Waals surface area contributed by atoms with E-state index in [1.807, 2.05) is 14.1 Å². The molecule has 0 spiro atoms. The fourth-order valence-electron chi connectivity index (χ4n) is 2.43. The zero-order chi connectivity index (χ0) is 15.1. The SMILES string of the molecule is CN(C)c1ccc(CNC(=O)CN2CCCNCC2)cc1. The first kappa shape index (κ1) is 15.8. The Morgan fingerprint density at radius 3 is 2.71 bits per heavy atom. The van der Waals surface area contributed by atoms with Crippen molar-refractivity contribution in [2.45, 2.75) is 13.0 Å². The van der Waals surface area contributed by atoms with Crippen LogP contribution in [-0.2, 0) is 11.3 Å². The molecule has 1 heterocycles. The second-order valence-corrected chi connectivity index (χ2v) is 5.72. The van der Waals surface area contributed by atoms with Crippen molar-refractivity contribution in [1.29, 1.82) is 0 Å². The predicted octanol–water partition coefficient (Wildman–Crippen LogP) is 0.664. The standard InChI is InChI=1S/C16H26N4O/c1-19(2)15-6-4-14(5-7-15)12-18-16(21)13-20-10-3-8-17-9-11-20/h4-7,17H,3,8-13H2,1-2H3,(H,18,21). The Hall–Kier alpha value is -1.59. The molecule has 1 amide bonds. The smallest absolute Gasteiger partial charge is 0.234 e. The first-order valence-electron chi connectivity index (χ1n) is 7.61. The summed E-state index contributed by atoms with van der Waals surface area (Å²) in [7, 11) is 4.04. The average molecular weight is 290 g/mol. The normalized spacial score (nSPS) is 16.3. The molecule has 116 valence electrons. The van der Waals surface area contributed by atoms with E-state index in [4.69, 9.17) is 0 Å². The van der Waals surface area contributed by atoms with Crippen molar-refractivity contribution in [2.24, 2.45) is 0 Å². The third kappa shape index (κ3) is 5.36. The summed E-state index contributed by atoms with van der Waals surface area (Å²) in [5, 5.41) is 6.35. The van der Waals surface area contributed by atoms with E-state index in [1.165, 1.54) is 5.69 Å². The topological polar surface area (TPSA) is 47.6 Å². The van der Waals surface area contributed by atoms with E-state index in [0.29, 0.717) is 13.1 Å². The quantitative estimate of drug-likeness (QED) is 0.836.